The van der Waals surface area contributed by atoms with E-state index in [9.17, 15) is 0 Å². The second-order valence-electron chi connectivity index (χ2n) is 7.21. The van der Waals surface area contributed by atoms with Crippen LogP contribution in [0.15, 0.2) is 9.52 Å². The lowest BCUT2D eigenvalue weighted by Crippen LogP contribution is -2.39. The first-order chi connectivity index (χ1) is 11.8. The highest BCUT2D eigenvalue weighted by atomic mass is 127. The number of hydrogen-bond donors (Lipinski definition) is 2. The lowest BCUT2D eigenvalue weighted by molar-refractivity contribution is 0.315. The maximum atomic E-state index is 5.44. The molecule has 1 aromatic heterocycles. The van der Waals surface area contributed by atoms with E-state index in [4.69, 9.17) is 4.52 Å². The van der Waals surface area contributed by atoms with Gasteiger partial charge in [0, 0.05) is 31.6 Å². The maximum Gasteiger partial charge on any atom is 0.191 e. The first-order valence-corrected chi connectivity index (χ1v) is 9.70. The number of aromatic nitrogens is 1. The number of aryl methyl sites for hydroxylation is 2. The molecule has 2 N–H and O–H groups in total. The van der Waals surface area contributed by atoms with Crippen LogP contribution < -0.4 is 10.6 Å². The Balaban J connectivity index is 0.00000225. The molecule has 2 atom stereocenters. The van der Waals surface area contributed by atoms with Gasteiger partial charge in [-0.25, -0.2) is 0 Å². The monoisotopic (exact) mass is 460 g/mol. The van der Waals surface area contributed by atoms with E-state index in [0.717, 1.165) is 48.6 Å². The summed E-state index contributed by atoms with van der Waals surface area (Å²) in [6, 6.07) is 0.609. The predicted octanol–water partition coefficient (Wildman–Crippen LogP) is 4.05. The molecule has 5 nitrogen and oxygen atoms in total. The fourth-order valence-electron chi connectivity index (χ4n) is 4.14. The Hall–Kier alpha value is -0.790. The van der Waals surface area contributed by atoms with Crippen molar-refractivity contribution in [3.8, 4) is 0 Å². The average Bonchev–Trinajstić information content (AvgIpc) is 3.29. The molecule has 2 saturated carbocycles. The van der Waals surface area contributed by atoms with Crippen LogP contribution in [0.3, 0.4) is 0 Å². The summed E-state index contributed by atoms with van der Waals surface area (Å²) in [7, 11) is 1.85. The summed E-state index contributed by atoms with van der Waals surface area (Å²) in [6.45, 7) is 4.96. The third-order valence-electron chi connectivity index (χ3n) is 5.68. The number of guanidine groups is 1. The molecular formula is C19H33IN4O. The van der Waals surface area contributed by atoms with Gasteiger partial charge in [0.2, 0.25) is 0 Å². The Morgan fingerprint density at radius 1 is 1.20 bits per heavy atom. The molecule has 3 rings (SSSR count). The molecule has 2 fully saturated rings. The first-order valence-electron chi connectivity index (χ1n) is 9.70. The van der Waals surface area contributed by atoms with E-state index in [0.29, 0.717) is 6.04 Å². The molecule has 0 saturated heterocycles. The van der Waals surface area contributed by atoms with Gasteiger partial charge < -0.3 is 15.2 Å². The second kappa shape index (κ2) is 9.78. The zero-order valence-electron chi connectivity index (χ0n) is 15.8. The first kappa shape index (κ1) is 20.5. The number of nitrogens with one attached hydrogen (secondary N) is 2. The van der Waals surface area contributed by atoms with Crippen LogP contribution in [0.4, 0.5) is 0 Å². The van der Waals surface area contributed by atoms with E-state index in [1.165, 1.54) is 44.1 Å². The van der Waals surface area contributed by atoms with Crippen molar-refractivity contribution in [1.82, 2.24) is 15.8 Å². The van der Waals surface area contributed by atoms with Gasteiger partial charge in [0.05, 0.1) is 5.69 Å². The van der Waals surface area contributed by atoms with E-state index in [1.54, 1.807) is 0 Å². The van der Waals surface area contributed by atoms with E-state index in [1.807, 2.05) is 7.05 Å². The summed E-state index contributed by atoms with van der Waals surface area (Å²) in [4.78, 5) is 4.40. The van der Waals surface area contributed by atoms with Gasteiger partial charge in [0.15, 0.2) is 5.96 Å². The lowest BCUT2D eigenvalue weighted by Gasteiger charge is -2.22. The summed E-state index contributed by atoms with van der Waals surface area (Å²) < 4.78 is 5.44. The molecular weight excluding hydrogens is 427 g/mol. The van der Waals surface area contributed by atoms with Crippen LogP contribution in [0.25, 0.3) is 0 Å². The van der Waals surface area contributed by atoms with Crippen molar-refractivity contribution < 1.29 is 4.52 Å². The van der Waals surface area contributed by atoms with Gasteiger partial charge in [-0.3, -0.25) is 4.99 Å². The third-order valence-corrected chi connectivity index (χ3v) is 5.68. The van der Waals surface area contributed by atoms with Gasteiger partial charge >= 0.3 is 0 Å². The van der Waals surface area contributed by atoms with Crippen molar-refractivity contribution in [3.63, 3.8) is 0 Å². The highest BCUT2D eigenvalue weighted by Gasteiger charge is 2.43. The normalized spacial score (nSPS) is 23.9. The standard InChI is InChI=1S/C19H32N4O.HI/c1-4-16-15(18(5-2)24-23-16)12-21-19(20-3)22-17-11-14(17)13-9-7-6-8-10-13;/h13-14,17H,4-12H2,1-3H3,(H2,20,21,22);1H. The van der Waals surface area contributed by atoms with Crippen molar-refractivity contribution in [2.45, 2.75) is 77.8 Å². The predicted molar refractivity (Wildman–Crippen MR) is 112 cm³/mol. The molecule has 0 bridgehead atoms. The lowest BCUT2D eigenvalue weighted by atomic mass is 9.85. The van der Waals surface area contributed by atoms with Crippen molar-refractivity contribution in [2.75, 3.05) is 7.05 Å². The molecule has 1 aromatic rings. The van der Waals surface area contributed by atoms with Crippen LogP contribution in [0, 0.1) is 11.8 Å². The Kier molecular flexibility index (Phi) is 8.03. The van der Waals surface area contributed by atoms with Crippen LogP contribution in [0.1, 0.15) is 69.4 Å². The Bertz CT molecular complexity index is 544. The Morgan fingerprint density at radius 2 is 1.96 bits per heavy atom. The van der Waals surface area contributed by atoms with Crippen molar-refractivity contribution in [1.29, 1.82) is 0 Å². The molecule has 0 aliphatic heterocycles. The van der Waals surface area contributed by atoms with Crippen LogP contribution >= 0.6 is 24.0 Å². The molecule has 142 valence electrons. The zero-order chi connectivity index (χ0) is 16.9. The minimum atomic E-state index is 0. The van der Waals surface area contributed by atoms with Crippen LogP contribution in [0.2, 0.25) is 0 Å². The topological polar surface area (TPSA) is 62.5 Å². The number of nitrogens with zero attached hydrogens (tertiary/aromatic N) is 2. The minimum absolute atomic E-state index is 0. The van der Waals surface area contributed by atoms with E-state index >= 15 is 0 Å². The van der Waals surface area contributed by atoms with Gasteiger partial charge in [0.25, 0.3) is 0 Å². The minimum Gasteiger partial charge on any atom is -0.361 e. The quantitative estimate of drug-likeness (QED) is 0.382. The fourth-order valence-corrected chi connectivity index (χ4v) is 4.14. The molecule has 0 radical (unpaired) electrons. The SMILES string of the molecule is CCc1noc(CC)c1CNC(=NC)NC1CC1C1CCCCC1.I. The number of hydrogen-bond acceptors (Lipinski definition) is 3. The second-order valence-corrected chi connectivity index (χ2v) is 7.21. The van der Waals surface area contributed by atoms with Crippen LogP contribution in [0.5, 0.6) is 0 Å². The molecule has 6 heteroatoms. The molecule has 2 unspecified atom stereocenters. The largest absolute Gasteiger partial charge is 0.361 e. The van der Waals surface area contributed by atoms with Crippen LogP contribution in [-0.4, -0.2) is 24.2 Å². The highest BCUT2D eigenvalue weighted by molar-refractivity contribution is 14.0. The van der Waals surface area contributed by atoms with Gasteiger partial charge in [-0.15, -0.1) is 24.0 Å². The Morgan fingerprint density at radius 3 is 2.60 bits per heavy atom. The van der Waals surface area contributed by atoms with E-state index < -0.39 is 0 Å². The molecule has 25 heavy (non-hydrogen) atoms. The maximum absolute atomic E-state index is 5.44. The zero-order valence-corrected chi connectivity index (χ0v) is 18.1. The van der Waals surface area contributed by atoms with Gasteiger partial charge in [-0.05, 0) is 24.7 Å². The van der Waals surface area contributed by atoms with Gasteiger partial charge in [0.1, 0.15) is 5.76 Å². The number of aliphatic imine (C=N–C) groups is 1. The molecule has 0 amide bonds. The smallest absolute Gasteiger partial charge is 0.191 e. The number of halogens is 1. The summed E-state index contributed by atoms with van der Waals surface area (Å²) in [5, 5.41) is 11.2. The molecule has 0 aromatic carbocycles. The fraction of sp³-hybridized carbons (Fsp3) is 0.789. The van der Waals surface area contributed by atoms with E-state index in [2.05, 4.69) is 34.6 Å². The highest BCUT2D eigenvalue weighted by Crippen LogP contribution is 2.44. The van der Waals surface area contributed by atoms with Crippen molar-refractivity contribution in [3.05, 3.63) is 17.0 Å². The van der Waals surface area contributed by atoms with Crippen molar-refractivity contribution in [2.24, 2.45) is 16.8 Å². The summed E-state index contributed by atoms with van der Waals surface area (Å²) in [5.41, 5.74) is 2.25. The summed E-state index contributed by atoms with van der Waals surface area (Å²) in [6.07, 6.45) is 10.2. The van der Waals surface area contributed by atoms with Gasteiger partial charge in [-0.1, -0.05) is 51.1 Å². The van der Waals surface area contributed by atoms with Crippen molar-refractivity contribution >= 4 is 29.9 Å². The summed E-state index contributed by atoms with van der Waals surface area (Å²) in [5.74, 6) is 3.69. The van der Waals surface area contributed by atoms with E-state index in [-0.39, 0.29) is 24.0 Å². The molecule has 2 aliphatic rings. The number of rotatable bonds is 6. The van der Waals surface area contributed by atoms with Gasteiger partial charge in [-0.2, -0.15) is 0 Å². The third kappa shape index (κ3) is 5.11. The molecule has 1 heterocycles. The van der Waals surface area contributed by atoms with Crippen LogP contribution in [-0.2, 0) is 19.4 Å². The molecule has 0 spiro atoms. The summed E-state index contributed by atoms with van der Waals surface area (Å²) >= 11 is 0. The Labute approximate surface area is 168 Å². The molecule has 2 aliphatic carbocycles. The average molecular weight is 460 g/mol.